The Labute approximate surface area is 106 Å². The van der Waals surface area contributed by atoms with Crippen LogP contribution in [-0.2, 0) is 0 Å². The number of hydrogen-bond acceptors (Lipinski definition) is 4. The van der Waals surface area contributed by atoms with E-state index >= 15 is 0 Å². The molecule has 0 amide bonds. The molecule has 0 saturated heterocycles. The first-order valence-corrected chi connectivity index (χ1v) is 5.64. The van der Waals surface area contributed by atoms with Gasteiger partial charge >= 0.3 is 0 Å². The van der Waals surface area contributed by atoms with Crippen LogP contribution in [0.5, 0.6) is 0 Å². The summed E-state index contributed by atoms with van der Waals surface area (Å²) in [7, 11) is 0. The minimum atomic E-state index is -0.354. The summed E-state index contributed by atoms with van der Waals surface area (Å²) in [6, 6.07) is 9.96. The van der Waals surface area contributed by atoms with E-state index in [0.717, 1.165) is 0 Å². The summed E-state index contributed by atoms with van der Waals surface area (Å²) in [6.45, 7) is 0. The van der Waals surface area contributed by atoms with Crippen LogP contribution in [0.2, 0.25) is 0 Å². The first kappa shape index (κ1) is 11.8. The van der Waals surface area contributed by atoms with E-state index in [1.54, 1.807) is 30.3 Å². The highest BCUT2D eigenvalue weighted by Gasteiger charge is 2.04. The minimum Gasteiger partial charge on any atom is -0.338 e. The van der Waals surface area contributed by atoms with E-state index in [9.17, 15) is 4.39 Å². The third kappa shape index (κ3) is 2.92. The smallest absolute Gasteiger partial charge is 0.147 e. The van der Waals surface area contributed by atoms with Crippen molar-refractivity contribution in [2.75, 3.05) is 10.7 Å². The molecule has 4 nitrogen and oxygen atoms in total. The Balaban J connectivity index is 2.25. The molecule has 88 valence electrons. The highest BCUT2D eigenvalue weighted by Crippen LogP contribution is 2.22. The van der Waals surface area contributed by atoms with Crippen molar-refractivity contribution in [3.05, 3.63) is 46.7 Å². The average molecular weight is 297 g/mol. The maximum Gasteiger partial charge on any atom is 0.147 e. The van der Waals surface area contributed by atoms with Gasteiger partial charge in [0.05, 0.1) is 5.69 Å². The maximum absolute atomic E-state index is 13.6. The lowest BCUT2D eigenvalue weighted by molar-refractivity contribution is 0.631. The Kier molecular flexibility index (Phi) is 3.55. The Bertz CT molecular complexity index is 533. The lowest BCUT2D eigenvalue weighted by Crippen LogP contribution is -2.09. The maximum atomic E-state index is 13.6. The van der Waals surface area contributed by atoms with E-state index < -0.39 is 0 Å². The number of pyridine rings is 1. The van der Waals surface area contributed by atoms with Crippen molar-refractivity contribution >= 4 is 33.3 Å². The molecule has 2 aromatic rings. The second-order valence-corrected chi connectivity index (χ2v) is 4.22. The normalized spacial score (nSPS) is 10.1. The largest absolute Gasteiger partial charge is 0.338 e. The van der Waals surface area contributed by atoms with E-state index in [1.165, 1.54) is 6.07 Å². The average Bonchev–Trinajstić information content (AvgIpc) is 2.33. The van der Waals surface area contributed by atoms with E-state index in [-0.39, 0.29) is 5.82 Å². The highest BCUT2D eigenvalue weighted by molar-refractivity contribution is 9.10. The van der Waals surface area contributed by atoms with Crippen LogP contribution >= 0.6 is 15.9 Å². The molecule has 0 aliphatic heterocycles. The summed E-state index contributed by atoms with van der Waals surface area (Å²) in [5.74, 6) is 5.91. The van der Waals surface area contributed by atoms with Gasteiger partial charge in [0, 0.05) is 4.47 Å². The quantitative estimate of drug-likeness (QED) is 0.602. The fraction of sp³-hybridized carbons (Fsp3) is 0. The number of aromatic nitrogens is 1. The van der Waals surface area contributed by atoms with Crippen molar-refractivity contribution in [1.82, 2.24) is 4.98 Å². The van der Waals surface area contributed by atoms with Gasteiger partial charge in [-0.3, -0.25) is 0 Å². The second-order valence-electron chi connectivity index (χ2n) is 3.30. The lowest BCUT2D eigenvalue weighted by atomic mass is 10.3. The van der Waals surface area contributed by atoms with Gasteiger partial charge in [-0.15, -0.1) is 0 Å². The van der Waals surface area contributed by atoms with Gasteiger partial charge in [0.1, 0.15) is 17.5 Å². The zero-order valence-electron chi connectivity index (χ0n) is 8.74. The van der Waals surface area contributed by atoms with Crippen LogP contribution < -0.4 is 16.6 Å². The SMILES string of the molecule is NNc1cccc(Nc2ccc(Br)cc2F)n1. The number of nitrogen functional groups attached to an aromatic ring is 1. The molecule has 0 aliphatic rings. The molecule has 0 radical (unpaired) electrons. The molecule has 1 aromatic carbocycles. The Morgan fingerprint density at radius 1 is 1.18 bits per heavy atom. The van der Waals surface area contributed by atoms with Crippen LogP contribution in [0.1, 0.15) is 0 Å². The van der Waals surface area contributed by atoms with E-state index in [1.807, 2.05) is 0 Å². The van der Waals surface area contributed by atoms with Gasteiger partial charge in [0.15, 0.2) is 0 Å². The molecule has 0 aliphatic carbocycles. The van der Waals surface area contributed by atoms with Crippen molar-refractivity contribution in [2.45, 2.75) is 0 Å². The number of nitrogens with zero attached hydrogens (tertiary/aromatic N) is 1. The zero-order chi connectivity index (χ0) is 12.3. The number of anilines is 3. The first-order chi connectivity index (χ1) is 8.19. The van der Waals surface area contributed by atoms with Gasteiger partial charge in [-0.2, -0.15) is 0 Å². The minimum absolute atomic E-state index is 0.354. The number of hydrazine groups is 1. The number of hydrogen-bond donors (Lipinski definition) is 3. The van der Waals surface area contributed by atoms with Gasteiger partial charge in [-0.05, 0) is 30.3 Å². The predicted octanol–water partition coefficient (Wildman–Crippen LogP) is 3.01. The van der Waals surface area contributed by atoms with Gasteiger partial charge in [-0.25, -0.2) is 15.2 Å². The van der Waals surface area contributed by atoms with Gasteiger partial charge in [0.2, 0.25) is 0 Å². The third-order valence-corrected chi connectivity index (χ3v) is 2.58. The van der Waals surface area contributed by atoms with Crippen LogP contribution in [-0.4, -0.2) is 4.98 Å². The fourth-order valence-electron chi connectivity index (χ4n) is 1.31. The molecule has 0 spiro atoms. The molecule has 0 atom stereocenters. The molecular formula is C11H10BrFN4. The van der Waals surface area contributed by atoms with Crippen LogP contribution in [0, 0.1) is 5.82 Å². The number of halogens is 2. The Morgan fingerprint density at radius 3 is 2.65 bits per heavy atom. The first-order valence-electron chi connectivity index (χ1n) is 4.85. The topological polar surface area (TPSA) is 63.0 Å². The van der Waals surface area contributed by atoms with Crippen molar-refractivity contribution in [3.8, 4) is 0 Å². The van der Waals surface area contributed by atoms with E-state index in [0.29, 0.717) is 21.8 Å². The standard InChI is InChI=1S/C11H10BrFN4/c12-7-4-5-9(8(13)6-7)15-10-2-1-3-11(16-10)17-14/h1-6H,14H2,(H2,15,16,17). The van der Waals surface area contributed by atoms with E-state index in [4.69, 9.17) is 5.84 Å². The Morgan fingerprint density at radius 2 is 1.94 bits per heavy atom. The zero-order valence-corrected chi connectivity index (χ0v) is 10.3. The molecular weight excluding hydrogens is 287 g/mol. The molecule has 17 heavy (non-hydrogen) atoms. The lowest BCUT2D eigenvalue weighted by Gasteiger charge is -2.08. The summed E-state index contributed by atoms with van der Waals surface area (Å²) >= 11 is 3.19. The number of nitrogens with one attached hydrogen (secondary N) is 2. The molecule has 6 heteroatoms. The van der Waals surface area contributed by atoms with Crippen molar-refractivity contribution < 1.29 is 4.39 Å². The second kappa shape index (κ2) is 5.11. The molecule has 0 unspecified atom stereocenters. The summed E-state index contributed by atoms with van der Waals surface area (Å²) in [6.07, 6.45) is 0. The van der Waals surface area contributed by atoms with Crippen LogP contribution in [0.3, 0.4) is 0 Å². The summed E-state index contributed by atoms with van der Waals surface area (Å²) in [5.41, 5.74) is 2.78. The number of nitrogens with two attached hydrogens (primary N) is 1. The monoisotopic (exact) mass is 296 g/mol. The third-order valence-electron chi connectivity index (χ3n) is 2.09. The van der Waals surface area contributed by atoms with Crippen molar-refractivity contribution in [3.63, 3.8) is 0 Å². The van der Waals surface area contributed by atoms with Crippen LogP contribution in [0.25, 0.3) is 0 Å². The molecule has 0 bridgehead atoms. The van der Waals surface area contributed by atoms with Crippen LogP contribution in [0.15, 0.2) is 40.9 Å². The molecule has 0 fully saturated rings. The summed E-state index contributed by atoms with van der Waals surface area (Å²) in [5, 5.41) is 2.87. The molecule has 4 N–H and O–H groups in total. The van der Waals surface area contributed by atoms with Gasteiger partial charge < -0.3 is 10.7 Å². The van der Waals surface area contributed by atoms with Gasteiger partial charge in [-0.1, -0.05) is 22.0 Å². The summed E-state index contributed by atoms with van der Waals surface area (Å²) < 4.78 is 14.2. The molecule has 0 saturated carbocycles. The summed E-state index contributed by atoms with van der Waals surface area (Å²) in [4.78, 5) is 4.12. The van der Waals surface area contributed by atoms with Crippen molar-refractivity contribution in [1.29, 1.82) is 0 Å². The predicted molar refractivity (Wildman–Crippen MR) is 69.4 cm³/mol. The molecule has 2 rings (SSSR count). The molecule has 1 aromatic heterocycles. The van der Waals surface area contributed by atoms with E-state index in [2.05, 4.69) is 31.7 Å². The highest BCUT2D eigenvalue weighted by atomic mass is 79.9. The fourth-order valence-corrected chi connectivity index (χ4v) is 1.65. The van der Waals surface area contributed by atoms with Crippen LogP contribution in [0.4, 0.5) is 21.7 Å². The van der Waals surface area contributed by atoms with Crippen molar-refractivity contribution in [2.24, 2.45) is 5.84 Å². The number of rotatable bonds is 3. The number of benzene rings is 1. The Hall–Kier alpha value is -1.66. The van der Waals surface area contributed by atoms with Gasteiger partial charge in [0.25, 0.3) is 0 Å². The molecule has 1 heterocycles.